The van der Waals surface area contributed by atoms with Crippen LogP contribution in [0.25, 0.3) is 0 Å². The first-order valence-electron chi connectivity index (χ1n) is 5.98. The molecule has 16 heavy (non-hydrogen) atoms. The average molecular weight is 222 g/mol. The van der Waals surface area contributed by atoms with Crippen LogP contribution in [0.2, 0.25) is 0 Å². The third-order valence-electron chi connectivity index (χ3n) is 4.42. The highest BCUT2D eigenvalue weighted by molar-refractivity contribution is 5.34. The first-order chi connectivity index (χ1) is 7.25. The molecule has 2 heteroatoms. The van der Waals surface area contributed by atoms with Crippen molar-refractivity contribution in [2.75, 3.05) is 0 Å². The number of epoxide rings is 1. The van der Waals surface area contributed by atoms with Crippen LogP contribution < -0.4 is 0 Å². The molecule has 0 spiro atoms. The van der Waals surface area contributed by atoms with E-state index in [1.807, 2.05) is 13.0 Å². The van der Waals surface area contributed by atoms with Crippen molar-refractivity contribution in [3.63, 3.8) is 0 Å². The van der Waals surface area contributed by atoms with Gasteiger partial charge in [-0.2, -0.15) is 0 Å². The summed E-state index contributed by atoms with van der Waals surface area (Å²) in [5, 5.41) is 10.1. The van der Waals surface area contributed by atoms with Crippen molar-refractivity contribution < 1.29 is 9.84 Å². The summed E-state index contributed by atoms with van der Waals surface area (Å²) in [6.07, 6.45) is 5.56. The molecule has 0 aromatic heterocycles. The second-order valence-electron chi connectivity index (χ2n) is 6.02. The molecule has 1 saturated heterocycles. The van der Waals surface area contributed by atoms with Gasteiger partial charge in [-0.15, -0.1) is 0 Å². The van der Waals surface area contributed by atoms with Gasteiger partial charge in [0.25, 0.3) is 0 Å². The molecule has 1 saturated carbocycles. The van der Waals surface area contributed by atoms with E-state index < -0.39 is 0 Å². The van der Waals surface area contributed by atoms with Gasteiger partial charge in [-0.25, -0.2) is 0 Å². The van der Waals surface area contributed by atoms with Crippen LogP contribution in [0.15, 0.2) is 24.3 Å². The Bertz CT molecular complexity index is 356. The first kappa shape index (κ1) is 11.9. The van der Waals surface area contributed by atoms with Crippen molar-refractivity contribution in [2.45, 2.75) is 57.8 Å². The largest absolute Gasteiger partial charge is 0.392 e. The molecule has 1 aliphatic carbocycles. The Morgan fingerprint density at radius 2 is 2.06 bits per heavy atom. The van der Waals surface area contributed by atoms with Gasteiger partial charge in [-0.3, -0.25) is 0 Å². The van der Waals surface area contributed by atoms with Gasteiger partial charge >= 0.3 is 0 Å². The minimum atomic E-state index is -0.309. The normalized spacial score (nSPS) is 45.4. The molecule has 1 aliphatic heterocycles. The average Bonchev–Trinajstić information content (AvgIpc) is 2.80. The van der Waals surface area contributed by atoms with E-state index in [9.17, 15) is 5.11 Å². The molecule has 2 rings (SSSR count). The topological polar surface area (TPSA) is 32.8 Å². The van der Waals surface area contributed by atoms with Crippen LogP contribution in [0.3, 0.4) is 0 Å². The predicted octanol–water partition coefficient (Wildman–Crippen LogP) is 2.83. The summed E-state index contributed by atoms with van der Waals surface area (Å²) in [6, 6.07) is 0. The van der Waals surface area contributed by atoms with Gasteiger partial charge < -0.3 is 9.84 Å². The fraction of sp³-hybridized carbons (Fsp3) is 0.714. The molecule has 3 atom stereocenters. The van der Waals surface area contributed by atoms with Crippen LogP contribution in [0, 0.1) is 5.41 Å². The van der Waals surface area contributed by atoms with Gasteiger partial charge in [0, 0.05) is 5.41 Å². The maximum absolute atomic E-state index is 10.1. The molecule has 2 nitrogen and oxygen atoms in total. The van der Waals surface area contributed by atoms with Crippen molar-refractivity contribution in [3.05, 3.63) is 24.3 Å². The van der Waals surface area contributed by atoms with Crippen LogP contribution in [0.4, 0.5) is 0 Å². The molecule has 0 aromatic rings. The Hall–Kier alpha value is -0.600. The Morgan fingerprint density at radius 1 is 1.44 bits per heavy atom. The number of rotatable bonds is 2. The first-order valence-corrected chi connectivity index (χ1v) is 5.98. The monoisotopic (exact) mass is 222 g/mol. The van der Waals surface area contributed by atoms with Crippen LogP contribution in [0.5, 0.6) is 0 Å². The number of aliphatic hydroxyl groups is 1. The zero-order valence-electron chi connectivity index (χ0n) is 10.7. The minimum absolute atomic E-state index is 0.0956. The van der Waals surface area contributed by atoms with Crippen molar-refractivity contribution in [1.82, 2.24) is 0 Å². The number of hydrogen-bond acceptors (Lipinski definition) is 2. The third kappa shape index (κ3) is 1.33. The molecular weight excluding hydrogens is 200 g/mol. The summed E-state index contributed by atoms with van der Waals surface area (Å²) in [6.45, 7) is 12.2. The van der Waals surface area contributed by atoms with E-state index in [0.29, 0.717) is 0 Å². The van der Waals surface area contributed by atoms with E-state index in [4.69, 9.17) is 4.74 Å². The van der Waals surface area contributed by atoms with E-state index in [1.54, 1.807) is 0 Å². The quantitative estimate of drug-likeness (QED) is 0.575. The van der Waals surface area contributed by atoms with E-state index in [-0.39, 0.29) is 22.7 Å². The molecule has 0 radical (unpaired) electrons. The van der Waals surface area contributed by atoms with E-state index >= 15 is 0 Å². The summed E-state index contributed by atoms with van der Waals surface area (Å²) in [5.41, 5.74) is 0.382. The van der Waals surface area contributed by atoms with Gasteiger partial charge in [0.15, 0.2) is 0 Å². The van der Waals surface area contributed by atoms with E-state index in [2.05, 4.69) is 33.4 Å². The van der Waals surface area contributed by atoms with Crippen molar-refractivity contribution in [1.29, 1.82) is 0 Å². The van der Waals surface area contributed by atoms with Gasteiger partial charge in [-0.1, -0.05) is 32.1 Å². The molecular formula is C14H22O2. The fourth-order valence-electron chi connectivity index (χ4n) is 3.08. The molecule has 1 N–H and O–H groups in total. The number of fused-ring (bicyclic) bond motifs is 1. The Labute approximate surface area is 98.0 Å². The SMILES string of the molecule is C=C(C)C=CC12OC1(C)CCC(O)C2(C)C. The predicted molar refractivity (Wildman–Crippen MR) is 65.2 cm³/mol. The van der Waals surface area contributed by atoms with Crippen LogP contribution in [0.1, 0.15) is 40.5 Å². The van der Waals surface area contributed by atoms with Crippen molar-refractivity contribution in [2.24, 2.45) is 5.41 Å². The van der Waals surface area contributed by atoms with Crippen molar-refractivity contribution in [3.8, 4) is 0 Å². The molecule has 3 unspecified atom stereocenters. The molecule has 2 aliphatic rings. The molecule has 2 fully saturated rings. The summed E-state index contributed by atoms with van der Waals surface area (Å²) >= 11 is 0. The lowest BCUT2D eigenvalue weighted by atomic mass is 9.62. The standard InChI is InChI=1S/C14H22O2/c1-10(2)6-9-14-12(3,4)11(15)7-8-13(14,5)16-14/h6,9,11,15H,1,7-8H2,2-5H3. The minimum Gasteiger partial charge on any atom is -0.392 e. The summed E-state index contributed by atoms with van der Waals surface area (Å²) in [5.74, 6) is 0. The molecule has 1 heterocycles. The number of allylic oxidation sites excluding steroid dienone is 2. The highest BCUT2D eigenvalue weighted by atomic mass is 16.6. The molecule has 0 amide bonds. The molecule has 0 aromatic carbocycles. The highest BCUT2D eigenvalue weighted by Gasteiger charge is 2.75. The smallest absolute Gasteiger partial charge is 0.124 e. The second-order valence-corrected chi connectivity index (χ2v) is 6.02. The summed E-state index contributed by atoms with van der Waals surface area (Å²) < 4.78 is 6.00. The van der Waals surface area contributed by atoms with Crippen molar-refractivity contribution >= 4 is 0 Å². The van der Waals surface area contributed by atoms with Gasteiger partial charge in [-0.05, 0) is 32.8 Å². The zero-order valence-corrected chi connectivity index (χ0v) is 10.7. The Balaban J connectivity index is 2.35. The van der Waals surface area contributed by atoms with E-state index in [0.717, 1.165) is 18.4 Å². The lowest BCUT2D eigenvalue weighted by Gasteiger charge is -2.40. The van der Waals surface area contributed by atoms with Crippen LogP contribution in [-0.4, -0.2) is 22.4 Å². The number of hydrogen-bond donors (Lipinski definition) is 1. The van der Waals surface area contributed by atoms with Gasteiger partial charge in [0.05, 0.1) is 11.7 Å². The number of ether oxygens (including phenoxy) is 1. The highest BCUT2D eigenvalue weighted by Crippen LogP contribution is 2.65. The third-order valence-corrected chi connectivity index (χ3v) is 4.42. The van der Waals surface area contributed by atoms with Gasteiger partial charge in [0.2, 0.25) is 0 Å². The summed E-state index contributed by atoms with van der Waals surface area (Å²) in [7, 11) is 0. The van der Waals surface area contributed by atoms with E-state index in [1.165, 1.54) is 0 Å². The fourth-order valence-corrected chi connectivity index (χ4v) is 3.08. The lowest BCUT2D eigenvalue weighted by Crippen LogP contribution is -2.49. The lowest BCUT2D eigenvalue weighted by molar-refractivity contribution is -0.00901. The number of aliphatic hydroxyl groups excluding tert-OH is 1. The molecule has 0 bridgehead atoms. The van der Waals surface area contributed by atoms with Crippen LogP contribution >= 0.6 is 0 Å². The zero-order chi connectivity index (χ0) is 12.2. The molecule has 90 valence electrons. The van der Waals surface area contributed by atoms with Crippen LogP contribution in [-0.2, 0) is 4.74 Å². The maximum atomic E-state index is 10.1. The Morgan fingerprint density at radius 3 is 2.62 bits per heavy atom. The Kier molecular flexibility index (Phi) is 2.38. The maximum Gasteiger partial charge on any atom is 0.124 e. The summed E-state index contributed by atoms with van der Waals surface area (Å²) in [4.78, 5) is 0. The second kappa shape index (κ2) is 3.21. The van der Waals surface area contributed by atoms with Gasteiger partial charge in [0.1, 0.15) is 5.60 Å².